The minimum Gasteiger partial charge on any atom is -0.397 e. The van der Waals surface area contributed by atoms with Gasteiger partial charge < -0.3 is 11.1 Å². The molecule has 9 heteroatoms. The number of pyridine rings is 1. The lowest BCUT2D eigenvalue weighted by Crippen LogP contribution is -2.11. The van der Waals surface area contributed by atoms with Gasteiger partial charge >= 0.3 is 6.55 Å². The molecule has 0 aliphatic heterocycles. The minimum absolute atomic E-state index is 0.187. The number of nitrogens with zero attached hydrogens (tertiary/aromatic N) is 2. The van der Waals surface area contributed by atoms with Gasteiger partial charge in [0.05, 0.1) is 17.1 Å². The summed E-state index contributed by atoms with van der Waals surface area (Å²) in [6.45, 7) is -2.15. The Balaban J connectivity index is 2.33. The molecule has 0 fully saturated rings. The number of hydrogen-bond donors (Lipinski definition) is 3. The largest absolute Gasteiger partial charge is 0.397 e. The normalized spacial score (nSPS) is 12.1. The molecular formula is C18H20F3N5S. The highest BCUT2D eigenvalue weighted by Crippen LogP contribution is 2.25. The maximum Gasteiger partial charge on any atom is 0.331 e. The molecule has 1 aromatic heterocycles. The molecule has 0 aliphatic rings. The summed E-state index contributed by atoms with van der Waals surface area (Å²) in [5.41, 5.74) is 8.59. The van der Waals surface area contributed by atoms with Crippen molar-refractivity contribution in [2.75, 3.05) is 24.7 Å². The predicted molar refractivity (Wildman–Crippen MR) is 106 cm³/mol. The Morgan fingerprint density at radius 3 is 2.67 bits per heavy atom. The molecule has 144 valence electrons. The van der Waals surface area contributed by atoms with Crippen molar-refractivity contribution in [2.24, 2.45) is 10.7 Å². The van der Waals surface area contributed by atoms with E-state index in [2.05, 4.69) is 20.0 Å². The topological polar surface area (TPSA) is 75.3 Å². The van der Waals surface area contributed by atoms with Gasteiger partial charge in [0.1, 0.15) is 11.5 Å². The van der Waals surface area contributed by atoms with Crippen LogP contribution in [0.4, 0.5) is 18.9 Å². The summed E-state index contributed by atoms with van der Waals surface area (Å²) in [7, 11) is 1.83. The number of benzene rings is 1. The number of anilines is 1. The lowest BCUT2D eigenvalue weighted by atomic mass is 10.1. The van der Waals surface area contributed by atoms with Crippen molar-refractivity contribution in [3.05, 3.63) is 54.0 Å². The van der Waals surface area contributed by atoms with Crippen LogP contribution in [-0.4, -0.2) is 37.1 Å². The Labute approximate surface area is 160 Å². The van der Waals surface area contributed by atoms with Crippen LogP contribution in [0.5, 0.6) is 0 Å². The summed E-state index contributed by atoms with van der Waals surface area (Å²) >= 11 is 1.54. The maximum absolute atomic E-state index is 13.1. The first-order valence-electron chi connectivity index (χ1n) is 8.08. The number of nitrogens with two attached hydrogens (primary N) is 1. The van der Waals surface area contributed by atoms with Crippen molar-refractivity contribution in [3.63, 3.8) is 0 Å². The molecule has 0 bridgehead atoms. The van der Waals surface area contributed by atoms with Gasteiger partial charge in [-0.1, -0.05) is 11.9 Å². The second kappa shape index (κ2) is 10.6. The molecule has 0 radical (unpaired) electrons. The van der Waals surface area contributed by atoms with Crippen LogP contribution in [0, 0.1) is 5.82 Å². The van der Waals surface area contributed by atoms with E-state index in [9.17, 15) is 13.2 Å². The van der Waals surface area contributed by atoms with Gasteiger partial charge in [0.25, 0.3) is 0 Å². The number of aromatic nitrogens is 1. The van der Waals surface area contributed by atoms with Crippen LogP contribution in [0.15, 0.2) is 47.5 Å². The van der Waals surface area contributed by atoms with Gasteiger partial charge in [0, 0.05) is 24.1 Å². The van der Waals surface area contributed by atoms with E-state index in [0.29, 0.717) is 29.2 Å². The zero-order valence-corrected chi connectivity index (χ0v) is 15.4. The molecule has 5 nitrogen and oxygen atoms in total. The second-order valence-electron chi connectivity index (χ2n) is 5.28. The third kappa shape index (κ3) is 6.61. The molecule has 0 amide bonds. The van der Waals surface area contributed by atoms with Gasteiger partial charge in [-0.2, -0.15) is 8.78 Å². The Kier molecular flexibility index (Phi) is 8.15. The highest BCUT2D eigenvalue weighted by Gasteiger charge is 2.10. The van der Waals surface area contributed by atoms with Gasteiger partial charge in [0.15, 0.2) is 0 Å². The predicted octanol–water partition coefficient (Wildman–Crippen LogP) is 3.76. The summed E-state index contributed by atoms with van der Waals surface area (Å²) in [4.78, 5) is 7.50. The number of aliphatic imine (C=N–C) groups is 1. The van der Waals surface area contributed by atoms with Gasteiger partial charge in [-0.05, 0) is 49.5 Å². The first-order valence-corrected chi connectivity index (χ1v) is 9.06. The van der Waals surface area contributed by atoms with E-state index >= 15 is 0 Å². The second-order valence-corrected chi connectivity index (χ2v) is 6.38. The third-order valence-electron chi connectivity index (χ3n) is 3.43. The average molecular weight is 395 g/mol. The minimum atomic E-state index is -2.80. The fourth-order valence-electron chi connectivity index (χ4n) is 2.21. The lowest BCUT2D eigenvalue weighted by molar-refractivity contribution is 0.161. The first-order chi connectivity index (χ1) is 13.0. The van der Waals surface area contributed by atoms with Crippen molar-refractivity contribution in [3.8, 4) is 11.3 Å². The van der Waals surface area contributed by atoms with E-state index in [1.165, 1.54) is 18.2 Å². The Morgan fingerprint density at radius 1 is 1.26 bits per heavy atom. The smallest absolute Gasteiger partial charge is 0.331 e. The van der Waals surface area contributed by atoms with Crippen molar-refractivity contribution in [2.45, 2.75) is 6.55 Å². The summed E-state index contributed by atoms with van der Waals surface area (Å²) < 4.78 is 40.5. The van der Waals surface area contributed by atoms with Crippen molar-refractivity contribution in [1.29, 1.82) is 0 Å². The van der Waals surface area contributed by atoms with Crippen molar-refractivity contribution in [1.82, 2.24) is 9.71 Å². The Bertz CT molecular complexity index is 794. The third-order valence-corrected chi connectivity index (χ3v) is 4.12. The summed E-state index contributed by atoms with van der Waals surface area (Å²) in [5, 5.41) is 3.22. The zero-order valence-electron chi connectivity index (χ0n) is 14.6. The SMILES string of the molecule is CNSCCNc1ccc(-c2ccc(F)cc2)nc1C(N)=CC=NC(F)F. The molecule has 0 atom stereocenters. The Hall–Kier alpha value is -2.52. The summed E-state index contributed by atoms with van der Waals surface area (Å²) in [6.07, 6.45) is 2.23. The molecule has 4 N–H and O–H groups in total. The number of alkyl halides is 2. The molecule has 27 heavy (non-hydrogen) atoms. The van der Waals surface area contributed by atoms with E-state index in [0.717, 1.165) is 12.0 Å². The first kappa shape index (κ1) is 20.8. The van der Waals surface area contributed by atoms with Crippen molar-refractivity contribution < 1.29 is 13.2 Å². The molecule has 0 aliphatic carbocycles. The van der Waals surface area contributed by atoms with Crippen LogP contribution >= 0.6 is 11.9 Å². The summed E-state index contributed by atoms with van der Waals surface area (Å²) in [5.74, 6) is 0.452. The number of hydrogen-bond acceptors (Lipinski definition) is 6. The zero-order chi connectivity index (χ0) is 19.6. The van der Waals surface area contributed by atoms with E-state index < -0.39 is 6.55 Å². The molecule has 0 spiro atoms. The molecule has 0 unspecified atom stereocenters. The highest BCUT2D eigenvalue weighted by atomic mass is 32.2. The molecular weight excluding hydrogens is 375 g/mol. The standard InChI is InChI=1S/C18H20F3N5S/c1-23-27-11-10-24-16-7-6-15(12-2-4-13(19)5-3-12)26-17(16)14(22)8-9-25-18(20)21/h2-9,18,23-24H,10-11,22H2,1H3. The van der Waals surface area contributed by atoms with E-state index in [1.54, 1.807) is 36.2 Å². The monoisotopic (exact) mass is 395 g/mol. The summed E-state index contributed by atoms with van der Waals surface area (Å²) in [6, 6.07) is 9.48. The number of halogens is 3. The lowest BCUT2D eigenvalue weighted by Gasteiger charge is -2.13. The number of allylic oxidation sites excluding steroid dienone is 1. The van der Waals surface area contributed by atoms with Gasteiger partial charge in [-0.25, -0.2) is 14.4 Å². The number of nitrogens with one attached hydrogen (secondary N) is 2. The van der Waals surface area contributed by atoms with E-state index in [-0.39, 0.29) is 11.5 Å². The van der Waals surface area contributed by atoms with Gasteiger partial charge in [-0.3, -0.25) is 4.72 Å². The highest BCUT2D eigenvalue weighted by molar-refractivity contribution is 7.97. The van der Waals surface area contributed by atoms with E-state index in [1.807, 2.05) is 7.05 Å². The van der Waals surface area contributed by atoms with Crippen LogP contribution in [-0.2, 0) is 0 Å². The molecule has 1 heterocycles. The maximum atomic E-state index is 13.1. The van der Waals surface area contributed by atoms with Gasteiger partial charge in [0.2, 0.25) is 0 Å². The molecule has 0 saturated carbocycles. The Morgan fingerprint density at radius 2 is 2.00 bits per heavy atom. The molecule has 0 saturated heterocycles. The number of rotatable bonds is 9. The van der Waals surface area contributed by atoms with Gasteiger partial charge in [-0.15, -0.1) is 0 Å². The van der Waals surface area contributed by atoms with Crippen LogP contribution in [0.1, 0.15) is 5.69 Å². The average Bonchev–Trinajstić information content (AvgIpc) is 2.65. The van der Waals surface area contributed by atoms with Crippen LogP contribution < -0.4 is 15.8 Å². The molecule has 2 aromatic rings. The van der Waals surface area contributed by atoms with Crippen molar-refractivity contribution >= 4 is 29.5 Å². The molecule has 1 aromatic carbocycles. The quantitative estimate of drug-likeness (QED) is 0.261. The van der Waals surface area contributed by atoms with Crippen LogP contribution in [0.25, 0.3) is 17.0 Å². The van der Waals surface area contributed by atoms with E-state index in [4.69, 9.17) is 5.73 Å². The fourth-order valence-corrected chi connectivity index (χ4v) is 2.62. The van der Waals surface area contributed by atoms with Crippen LogP contribution in [0.2, 0.25) is 0 Å². The molecule has 2 rings (SSSR count). The van der Waals surface area contributed by atoms with Crippen LogP contribution in [0.3, 0.4) is 0 Å². The fraction of sp³-hybridized carbons (Fsp3) is 0.222.